The molecule has 0 fully saturated rings. The van der Waals surface area contributed by atoms with Gasteiger partial charge in [-0.3, -0.25) is 19.2 Å². The van der Waals surface area contributed by atoms with Crippen LogP contribution >= 0.6 is 0 Å². The first-order valence-corrected chi connectivity index (χ1v) is 32.7. The molecule has 0 saturated carbocycles. The molecule has 8 heteroatoms. The molecular weight excluding hydrogens is 1180 g/mol. The summed E-state index contributed by atoms with van der Waals surface area (Å²) < 4.78 is 4.81. The number of fused-ring (bicyclic) bond motifs is 14. The topological polar surface area (TPSA) is 84.6 Å². The zero-order valence-corrected chi connectivity index (χ0v) is 53.0. The molecule has 8 nitrogen and oxygen atoms in total. The third-order valence-corrected chi connectivity index (χ3v) is 21.1. The number of hydrogen-bond donors (Lipinski definition) is 0. The van der Waals surface area contributed by atoms with E-state index >= 15 is 9.59 Å². The average Bonchev–Trinajstić information content (AvgIpc) is 1.50. The zero-order valence-electron chi connectivity index (χ0n) is 53.0. The first kappa shape index (κ1) is 55.4. The summed E-state index contributed by atoms with van der Waals surface area (Å²) in [5.74, 6) is -0.825. The summed E-state index contributed by atoms with van der Waals surface area (Å²) in [7, 11) is 0. The van der Waals surface area contributed by atoms with E-state index in [0.717, 1.165) is 122 Å². The lowest BCUT2D eigenvalue weighted by molar-refractivity contribution is 0.0979. The lowest BCUT2D eigenvalue weighted by Gasteiger charge is -2.42. The highest BCUT2D eigenvalue weighted by Crippen LogP contribution is 2.58. The van der Waals surface area contributed by atoms with Gasteiger partial charge in [0.05, 0.1) is 44.8 Å². The highest BCUT2D eigenvalue weighted by atomic mass is 16.1. The number of aromatic nitrogens is 2. The molecule has 454 valence electrons. The van der Waals surface area contributed by atoms with Crippen LogP contribution in [0.25, 0.3) is 77.2 Å². The monoisotopic (exact) mass is 1230 g/mol. The van der Waals surface area contributed by atoms with Crippen molar-refractivity contribution in [2.45, 2.75) is 38.5 Å². The van der Waals surface area contributed by atoms with Gasteiger partial charge in [-0.05, 0) is 143 Å². The van der Waals surface area contributed by atoms with Crippen molar-refractivity contribution in [3.05, 3.63) is 346 Å². The van der Waals surface area contributed by atoms with Gasteiger partial charge in [0.1, 0.15) is 0 Å². The second kappa shape index (κ2) is 20.1. The largest absolute Gasteiger partial charge is 0.310 e. The Labute approximate surface area is 553 Å². The van der Waals surface area contributed by atoms with Gasteiger partial charge >= 0.3 is 0 Å². The summed E-state index contributed by atoms with van der Waals surface area (Å²) in [6.45, 7) is 9.26. The molecule has 19 rings (SSSR count). The van der Waals surface area contributed by atoms with E-state index in [1.807, 2.05) is 60.7 Å². The number of para-hydroxylation sites is 6. The third kappa shape index (κ3) is 7.55. The lowest BCUT2D eigenvalue weighted by Crippen LogP contribution is -2.30. The highest BCUT2D eigenvalue weighted by Gasteiger charge is 2.41. The summed E-state index contributed by atoms with van der Waals surface area (Å²) in [6, 6.07) is 95.3. The number of benzene rings is 13. The standard InChI is InChI=1S/C88H58N4O4/c1-87(2)67-33-17-21-37-73(67)89(53-23-7-5-8-24-53)75-45-41-55(49-69(75)87)91-71-35-19-15-31-63(71)79-78(52-40-44-62-66(48-52)86(96)60-30-14-12-28-58(60)84(62)94)82-80(77(81(79)91)51-39-43-61-65(47-51)85(95)59-29-13-11-27-57(59)83(61)93)64-32-16-20-36-72(64)92(82)56-42-46-76-70(50-56)88(3,4)68-34-18-22-38-74(68)90(76)54-25-9-6-10-26-54/h5-50H,1-4H3. The van der Waals surface area contributed by atoms with Crippen LogP contribution in [-0.2, 0) is 10.8 Å². The van der Waals surface area contributed by atoms with Gasteiger partial charge in [-0.25, -0.2) is 0 Å². The van der Waals surface area contributed by atoms with Gasteiger partial charge in [0.25, 0.3) is 0 Å². The minimum absolute atomic E-state index is 0.197. The predicted octanol–water partition coefficient (Wildman–Crippen LogP) is 21.0. The maximum absolute atomic E-state index is 15.2. The minimum Gasteiger partial charge on any atom is -0.310 e. The smallest absolute Gasteiger partial charge is 0.194 e. The number of carbonyl (C=O) groups is 4. The van der Waals surface area contributed by atoms with E-state index in [1.54, 1.807) is 24.3 Å². The van der Waals surface area contributed by atoms with Crippen LogP contribution in [0.2, 0.25) is 0 Å². The van der Waals surface area contributed by atoms with Crippen LogP contribution < -0.4 is 9.80 Å². The van der Waals surface area contributed by atoms with E-state index in [0.29, 0.717) is 44.5 Å². The molecule has 0 spiro atoms. The number of hydrogen-bond acceptors (Lipinski definition) is 6. The van der Waals surface area contributed by atoms with Crippen LogP contribution in [0.1, 0.15) is 114 Å². The molecular formula is C88H58N4O4. The Morgan fingerprint density at radius 3 is 0.990 bits per heavy atom. The molecule has 96 heavy (non-hydrogen) atoms. The number of carbonyl (C=O) groups excluding carboxylic acids is 4. The molecule has 0 N–H and O–H groups in total. The van der Waals surface area contributed by atoms with Crippen molar-refractivity contribution in [1.82, 2.24) is 9.13 Å². The third-order valence-electron chi connectivity index (χ3n) is 21.1. The number of ketones is 4. The van der Waals surface area contributed by atoms with Crippen LogP contribution in [0.4, 0.5) is 34.1 Å². The van der Waals surface area contributed by atoms with Crippen molar-refractivity contribution >= 4 is 101 Å². The van der Waals surface area contributed by atoms with Crippen molar-refractivity contribution in [3.8, 4) is 33.6 Å². The molecule has 15 aromatic rings. The van der Waals surface area contributed by atoms with Crippen LogP contribution in [0.5, 0.6) is 0 Å². The quantitative estimate of drug-likeness (QED) is 0.165. The molecule has 0 bridgehead atoms. The van der Waals surface area contributed by atoms with Gasteiger partial charge in [0.2, 0.25) is 0 Å². The van der Waals surface area contributed by atoms with Gasteiger partial charge in [0, 0.05) is 111 Å². The molecule has 0 saturated heterocycles. The summed E-state index contributed by atoms with van der Waals surface area (Å²) in [5.41, 5.74) is 21.7. The Morgan fingerprint density at radius 2 is 0.583 bits per heavy atom. The van der Waals surface area contributed by atoms with E-state index < -0.39 is 10.8 Å². The Morgan fingerprint density at radius 1 is 0.260 bits per heavy atom. The fourth-order valence-corrected chi connectivity index (χ4v) is 16.7. The van der Waals surface area contributed by atoms with E-state index in [1.165, 1.54) is 11.1 Å². The minimum atomic E-state index is -0.474. The molecule has 0 unspecified atom stereocenters. The highest BCUT2D eigenvalue weighted by molar-refractivity contribution is 6.35. The van der Waals surface area contributed by atoms with Crippen LogP contribution in [0.3, 0.4) is 0 Å². The fourth-order valence-electron chi connectivity index (χ4n) is 16.7. The summed E-state index contributed by atoms with van der Waals surface area (Å²) in [4.78, 5) is 64.6. The fraction of sp³-hybridized carbons (Fsp3) is 0.0682. The molecule has 4 aliphatic rings. The van der Waals surface area contributed by atoms with Crippen molar-refractivity contribution in [2.75, 3.05) is 9.80 Å². The summed E-state index contributed by atoms with van der Waals surface area (Å²) in [5, 5.41) is 3.68. The van der Waals surface area contributed by atoms with Crippen molar-refractivity contribution in [2.24, 2.45) is 0 Å². The molecule has 13 aromatic carbocycles. The first-order chi connectivity index (χ1) is 46.9. The SMILES string of the molecule is CC1(C)c2ccccc2N(c2ccccc2)c2ccc(-n3c4ccccc4c4c(-c5ccc6c(c5)C(=O)c5ccccc5C6=O)c5c(c(-c6ccc7c(c6)C(=O)c6ccccc6C7=O)c43)c3ccccc3n5-c3ccc4c(c3)C(C)(C)c3ccccc3N4c3ccccc3)cc21. The molecule has 2 aromatic heterocycles. The predicted molar refractivity (Wildman–Crippen MR) is 386 cm³/mol. The Hall–Kier alpha value is -12.3. The number of nitrogens with zero attached hydrogens (tertiary/aromatic N) is 4. The Kier molecular flexibility index (Phi) is 11.6. The summed E-state index contributed by atoms with van der Waals surface area (Å²) in [6.07, 6.45) is 0. The number of anilines is 6. The summed E-state index contributed by atoms with van der Waals surface area (Å²) >= 11 is 0. The molecule has 2 aliphatic carbocycles. The second-order valence-corrected chi connectivity index (χ2v) is 26.9. The zero-order chi connectivity index (χ0) is 64.6. The van der Waals surface area contributed by atoms with Crippen molar-refractivity contribution < 1.29 is 19.2 Å². The van der Waals surface area contributed by atoms with E-state index in [-0.39, 0.29) is 23.1 Å². The van der Waals surface area contributed by atoms with Crippen molar-refractivity contribution in [3.63, 3.8) is 0 Å². The molecule has 0 atom stereocenters. The van der Waals surface area contributed by atoms with Gasteiger partial charge in [-0.15, -0.1) is 0 Å². The maximum atomic E-state index is 15.2. The van der Waals surface area contributed by atoms with Crippen LogP contribution in [-0.4, -0.2) is 32.3 Å². The number of rotatable bonds is 6. The van der Waals surface area contributed by atoms with Gasteiger partial charge in [0.15, 0.2) is 23.1 Å². The van der Waals surface area contributed by atoms with Gasteiger partial charge in [-0.1, -0.05) is 198 Å². The van der Waals surface area contributed by atoms with E-state index in [9.17, 15) is 9.59 Å². The normalized spacial score (nSPS) is 14.7. The first-order valence-electron chi connectivity index (χ1n) is 32.7. The molecule has 4 heterocycles. The van der Waals surface area contributed by atoms with Gasteiger partial charge in [-0.2, -0.15) is 0 Å². The lowest BCUT2D eigenvalue weighted by atomic mass is 9.73. The average molecular weight is 1240 g/mol. The van der Waals surface area contributed by atoms with Crippen LogP contribution in [0.15, 0.2) is 279 Å². The maximum Gasteiger partial charge on any atom is 0.194 e. The van der Waals surface area contributed by atoms with Crippen LogP contribution in [0, 0.1) is 0 Å². The van der Waals surface area contributed by atoms with Crippen molar-refractivity contribution in [1.29, 1.82) is 0 Å². The van der Waals surface area contributed by atoms with E-state index in [2.05, 4.69) is 241 Å². The molecule has 0 radical (unpaired) electrons. The Bertz CT molecular complexity index is 5640. The molecule has 0 amide bonds. The van der Waals surface area contributed by atoms with Gasteiger partial charge < -0.3 is 18.9 Å². The molecule has 2 aliphatic heterocycles. The Balaban J connectivity index is 0.987. The van der Waals surface area contributed by atoms with E-state index in [4.69, 9.17) is 0 Å². The second-order valence-electron chi connectivity index (χ2n) is 26.9.